The number of ether oxygens (including phenoxy) is 2. The van der Waals surface area contributed by atoms with E-state index in [-0.39, 0.29) is 16.2 Å². The molecule has 0 aliphatic heterocycles. The fourth-order valence-electron chi connectivity index (χ4n) is 2.10. The highest BCUT2D eigenvalue weighted by atomic mass is 32.2. The first kappa shape index (κ1) is 17.0. The molecular formula is C16H17NO5S. The van der Waals surface area contributed by atoms with Crippen LogP contribution in [0.2, 0.25) is 0 Å². The fourth-order valence-corrected chi connectivity index (χ4v) is 2.90. The van der Waals surface area contributed by atoms with Crippen LogP contribution in [0.3, 0.4) is 0 Å². The lowest BCUT2D eigenvalue weighted by Gasteiger charge is -2.14. The molecule has 1 heterocycles. The van der Waals surface area contributed by atoms with Gasteiger partial charge in [0.05, 0.1) is 18.9 Å². The Hall–Kier alpha value is -2.41. The Labute approximate surface area is 135 Å². The third-order valence-corrected chi connectivity index (χ3v) is 4.34. The number of aryl methyl sites for hydroxylation is 1. The summed E-state index contributed by atoms with van der Waals surface area (Å²) in [5.41, 5.74) is 0.858. The van der Waals surface area contributed by atoms with Crippen LogP contribution >= 0.6 is 0 Å². The molecule has 0 saturated heterocycles. The van der Waals surface area contributed by atoms with E-state index in [9.17, 15) is 13.2 Å². The monoisotopic (exact) mass is 335 g/mol. The molecule has 2 aromatic rings. The van der Waals surface area contributed by atoms with Gasteiger partial charge in [-0.1, -0.05) is 6.92 Å². The van der Waals surface area contributed by atoms with Gasteiger partial charge in [-0.2, -0.15) is 0 Å². The SMILES string of the molecule is CCc1cc(Oc2cccnc2)c(S(C)(=O)=O)cc1C(=O)OC. The number of benzene rings is 1. The lowest BCUT2D eigenvalue weighted by molar-refractivity contribution is 0.0599. The number of aromatic nitrogens is 1. The van der Waals surface area contributed by atoms with Crippen molar-refractivity contribution in [2.24, 2.45) is 0 Å². The number of pyridine rings is 1. The van der Waals surface area contributed by atoms with Gasteiger partial charge in [0.15, 0.2) is 9.84 Å². The van der Waals surface area contributed by atoms with Gasteiger partial charge in [0.1, 0.15) is 16.4 Å². The summed E-state index contributed by atoms with van der Waals surface area (Å²) in [7, 11) is -2.34. The van der Waals surface area contributed by atoms with E-state index in [4.69, 9.17) is 9.47 Å². The molecule has 0 atom stereocenters. The highest BCUT2D eigenvalue weighted by molar-refractivity contribution is 7.90. The van der Waals surface area contributed by atoms with E-state index in [0.29, 0.717) is 17.7 Å². The van der Waals surface area contributed by atoms with Crippen LogP contribution in [0.5, 0.6) is 11.5 Å². The van der Waals surface area contributed by atoms with Crippen molar-refractivity contribution in [2.45, 2.75) is 18.2 Å². The Kier molecular flexibility index (Phi) is 5.00. The minimum Gasteiger partial charge on any atom is -0.465 e. The largest absolute Gasteiger partial charge is 0.465 e. The van der Waals surface area contributed by atoms with E-state index in [2.05, 4.69) is 4.98 Å². The molecule has 0 aliphatic rings. The van der Waals surface area contributed by atoms with Gasteiger partial charge in [0, 0.05) is 12.5 Å². The van der Waals surface area contributed by atoms with E-state index in [1.165, 1.54) is 19.4 Å². The molecule has 0 bridgehead atoms. The Bertz CT molecular complexity index is 816. The molecule has 7 heteroatoms. The molecule has 0 saturated carbocycles. The predicted octanol–water partition coefficient (Wildman–Crippen LogP) is 2.63. The first-order valence-corrected chi connectivity index (χ1v) is 8.79. The summed E-state index contributed by atoms with van der Waals surface area (Å²) in [6.45, 7) is 1.86. The quantitative estimate of drug-likeness (QED) is 0.781. The van der Waals surface area contributed by atoms with E-state index >= 15 is 0 Å². The second kappa shape index (κ2) is 6.78. The molecule has 0 spiro atoms. The molecule has 0 fully saturated rings. The topological polar surface area (TPSA) is 82.6 Å². The summed E-state index contributed by atoms with van der Waals surface area (Å²) in [6, 6.07) is 6.19. The molecule has 122 valence electrons. The standard InChI is InChI=1S/C16H17NO5S/c1-4-11-8-14(22-12-6-5-7-17-10-12)15(23(3,19)20)9-13(11)16(18)21-2/h5-10H,4H2,1-3H3. The fraction of sp³-hybridized carbons (Fsp3) is 0.250. The maximum atomic E-state index is 12.1. The zero-order valence-corrected chi connectivity index (χ0v) is 13.9. The average Bonchev–Trinajstić information content (AvgIpc) is 2.53. The number of carbonyl (C=O) groups is 1. The number of hydrogen-bond acceptors (Lipinski definition) is 6. The van der Waals surface area contributed by atoms with Crippen LogP contribution in [-0.2, 0) is 21.0 Å². The maximum Gasteiger partial charge on any atom is 0.338 e. The first-order chi connectivity index (χ1) is 10.9. The Morgan fingerprint density at radius 1 is 1.30 bits per heavy atom. The number of rotatable bonds is 5. The maximum absolute atomic E-state index is 12.1. The normalized spacial score (nSPS) is 11.1. The van der Waals surface area contributed by atoms with Crippen LogP contribution in [0.4, 0.5) is 0 Å². The van der Waals surface area contributed by atoms with E-state index in [1.54, 1.807) is 24.4 Å². The zero-order chi connectivity index (χ0) is 17.0. The van der Waals surface area contributed by atoms with Gasteiger partial charge in [0.2, 0.25) is 0 Å². The zero-order valence-electron chi connectivity index (χ0n) is 13.1. The van der Waals surface area contributed by atoms with Crippen molar-refractivity contribution in [3.8, 4) is 11.5 Å². The number of esters is 1. The van der Waals surface area contributed by atoms with Gasteiger partial charge in [-0.25, -0.2) is 13.2 Å². The number of nitrogens with zero attached hydrogens (tertiary/aromatic N) is 1. The van der Waals surface area contributed by atoms with E-state index in [1.807, 2.05) is 6.92 Å². The summed E-state index contributed by atoms with van der Waals surface area (Å²) in [4.78, 5) is 15.7. The van der Waals surface area contributed by atoms with Crippen molar-refractivity contribution in [2.75, 3.05) is 13.4 Å². The van der Waals surface area contributed by atoms with E-state index < -0.39 is 15.8 Å². The van der Waals surface area contributed by atoms with Crippen molar-refractivity contribution in [1.82, 2.24) is 4.98 Å². The van der Waals surface area contributed by atoms with Crippen molar-refractivity contribution >= 4 is 15.8 Å². The summed E-state index contributed by atoms with van der Waals surface area (Å²) in [6.07, 6.45) is 4.65. The van der Waals surface area contributed by atoms with Gasteiger partial charge in [-0.05, 0) is 36.2 Å². The molecule has 2 rings (SSSR count). The van der Waals surface area contributed by atoms with Crippen LogP contribution < -0.4 is 4.74 Å². The average molecular weight is 335 g/mol. The molecule has 6 nitrogen and oxygen atoms in total. The molecular weight excluding hydrogens is 318 g/mol. The predicted molar refractivity (Wildman–Crippen MR) is 84.6 cm³/mol. The summed E-state index contributed by atoms with van der Waals surface area (Å²) in [5.74, 6) is -0.0186. The minimum atomic E-state index is -3.60. The number of carbonyl (C=O) groups excluding carboxylic acids is 1. The van der Waals surface area contributed by atoms with Gasteiger partial charge in [-0.15, -0.1) is 0 Å². The van der Waals surface area contributed by atoms with Crippen molar-refractivity contribution in [3.05, 3.63) is 47.8 Å². The van der Waals surface area contributed by atoms with Crippen molar-refractivity contribution < 1.29 is 22.7 Å². The highest BCUT2D eigenvalue weighted by Gasteiger charge is 2.22. The van der Waals surface area contributed by atoms with Crippen molar-refractivity contribution in [3.63, 3.8) is 0 Å². The lowest BCUT2D eigenvalue weighted by Crippen LogP contribution is -2.09. The Morgan fingerprint density at radius 3 is 2.57 bits per heavy atom. The van der Waals surface area contributed by atoms with Crippen LogP contribution in [0.1, 0.15) is 22.8 Å². The number of hydrogen-bond donors (Lipinski definition) is 0. The Morgan fingerprint density at radius 2 is 2.04 bits per heavy atom. The van der Waals surface area contributed by atoms with E-state index in [0.717, 1.165) is 6.26 Å². The smallest absolute Gasteiger partial charge is 0.338 e. The first-order valence-electron chi connectivity index (χ1n) is 6.90. The number of methoxy groups -OCH3 is 1. The van der Waals surface area contributed by atoms with Gasteiger partial charge in [-0.3, -0.25) is 4.98 Å². The molecule has 0 unspecified atom stereocenters. The lowest BCUT2D eigenvalue weighted by atomic mass is 10.0. The summed E-state index contributed by atoms with van der Waals surface area (Å²) in [5, 5.41) is 0. The molecule has 0 radical (unpaired) electrons. The van der Waals surface area contributed by atoms with Crippen molar-refractivity contribution in [1.29, 1.82) is 0 Å². The van der Waals surface area contributed by atoms with Crippen LogP contribution in [0.25, 0.3) is 0 Å². The molecule has 0 aliphatic carbocycles. The second-order valence-corrected chi connectivity index (χ2v) is 6.85. The highest BCUT2D eigenvalue weighted by Crippen LogP contribution is 2.32. The van der Waals surface area contributed by atoms with Crippen LogP contribution in [0, 0.1) is 0 Å². The molecule has 1 aromatic heterocycles. The molecule has 23 heavy (non-hydrogen) atoms. The van der Waals surface area contributed by atoms with Gasteiger partial charge >= 0.3 is 5.97 Å². The third-order valence-electron chi connectivity index (χ3n) is 3.22. The Balaban J connectivity index is 2.62. The third kappa shape index (κ3) is 3.87. The second-order valence-electron chi connectivity index (χ2n) is 4.86. The van der Waals surface area contributed by atoms with Crippen LogP contribution in [-0.4, -0.2) is 32.7 Å². The number of sulfone groups is 1. The molecule has 1 aromatic carbocycles. The summed E-state index contributed by atoms with van der Waals surface area (Å²) < 4.78 is 34.5. The summed E-state index contributed by atoms with van der Waals surface area (Å²) >= 11 is 0. The minimum absolute atomic E-state index is 0.0704. The van der Waals surface area contributed by atoms with Gasteiger partial charge in [0.25, 0.3) is 0 Å². The van der Waals surface area contributed by atoms with Crippen LogP contribution in [0.15, 0.2) is 41.6 Å². The molecule has 0 amide bonds. The van der Waals surface area contributed by atoms with Gasteiger partial charge < -0.3 is 9.47 Å². The molecule has 0 N–H and O–H groups in total.